The van der Waals surface area contributed by atoms with Crippen LogP contribution in [0.2, 0.25) is 0 Å². The Morgan fingerprint density at radius 3 is 3.04 bits per heavy atom. The molecule has 7 heteroatoms. The zero-order valence-corrected chi connectivity index (χ0v) is 16.1. The maximum absolute atomic E-state index is 12.9. The number of halogens is 2. The molecule has 1 aliphatic heterocycles. The first kappa shape index (κ1) is 20.0. The van der Waals surface area contributed by atoms with Crippen LogP contribution in [-0.4, -0.2) is 28.4 Å². The lowest BCUT2D eigenvalue weighted by Gasteiger charge is -2.37. The molecule has 2 N–H and O–H groups in total. The maximum Gasteiger partial charge on any atom is 0.228 e. The van der Waals surface area contributed by atoms with Crippen LogP contribution in [0.4, 0.5) is 0 Å². The summed E-state index contributed by atoms with van der Waals surface area (Å²) in [6, 6.07) is 4.07. The van der Waals surface area contributed by atoms with Crippen molar-refractivity contribution in [1.29, 1.82) is 0 Å². The summed E-state index contributed by atoms with van der Waals surface area (Å²) < 4.78 is 2.02. The second-order valence-corrected chi connectivity index (χ2v) is 7.12. The largest absolute Gasteiger partial charge is 0.350 e. The summed E-state index contributed by atoms with van der Waals surface area (Å²) in [5.41, 5.74) is 2.86. The molecule has 1 saturated carbocycles. The average Bonchev–Trinajstić information content (AvgIpc) is 3.16. The SMILES string of the molecule is Cc1ccc2nc(CNC(=O)[C@@]34CCCC[C@H]3CNC4)cn2c1.Cl.Cl. The molecule has 1 saturated heterocycles. The van der Waals surface area contributed by atoms with E-state index < -0.39 is 0 Å². The van der Waals surface area contributed by atoms with E-state index in [1.54, 1.807) is 0 Å². The van der Waals surface area contributed by atoms with Crippen LogP contribution in [0.5, 0.6) is 0 Å². The number of aromatic nitrogens is 2. The van der Waals surface area contributed by atoms with Gasteiger partial charge in [-0.05, 0) is 43.9 Å². The van der Waals surface area contributed by atoms with Gasteiger partial charge in [0.05, 0.1) is 17.7 Å². The number of carbonyl (C=O) groups excluding carboxylic acids is 1. The Labute approximate surface area is 160 Å². The van der Waals surface area contributed by atoms with Gasteiger partial charge in [0.2, 0.25) is 5.91 Å². The summed E-state index contributed by atoms with van der Waals surface area (Å²) in [5, 5.41) is 6.58. The van der Waals surface area contributed by atoms with E-state index in [2.05, 4.69) is 34.8 Å². The van der Waals surface area contributed by atoms with Gasteiger partial charge in [-0.1, -0.05) is 18.9 Å². The van der Waals surface area contributed by atoms with Crippen molar-refractivity contribution >= 4 is 36.4 Å². The number of fused-ring (bicyclic) bond motifs is 2. The van der Waals surface area contributed by atoms with Gasteiger partial charge in [0.15, 0.2) is 0 Å². The number of hydrogen-bond acceptors (Lipinski definition) is 3. The summed E-state index contributed by atoms with van der Waals surface area (Å²) in [7, 11) is 0. The van der Waals surface area contributed by atoms with Gasteiger partial charge >= 0.3 is 0 Å². The Hall–Kier alpha value is -1.30. The Kier molecular flexibility index (Phi) is 6.35. The fourth-order valence-corrected chi connectivity index (χ4v) is 4.28. The number of aryl methyl sites for hydroxylation is 1. The third-order valence-electron chi connectivity index (χ3n) is 5.57. The number of rotatable bonds is 3. The third kappa shape index (κ3) is 3.64. The van der Waals surface area contributed by atoms with Gasteiger partial charge in [-0.15, -0.1) is 24.8 Å². The van der Waals surface area contributed by atoms with Gasteiger partial charge in [0, 0.05) is 18.9 Å². The molecule has 25 heavy (non-hydrogen) atoms. The van der Waals surface area contributed by atoms with Crippen molar-refractivity contribution in [2.45, 2.75) is 39.2 Å². The average molecular weight is 385 g/mol. The van der Waals surface area contributed by atoms with Crippen LogP contribution in [0.3, 0.4) is 0 Å². The van der Waals surface area contributed by atoms with Gasteiger partial charge < -0.3 is 15.0 Å². The molecule has 0 bridgehead atoms. The highest BCUT2D eigenvalue weighted by atomic mass is 35.5. The van der Waals surface area contributed by atoms with E-state index in [9.17, 15) is 4.79 Å². The first-order valence-corrected chi connectivity index (χ1v) is 8.61. The van der Waals surface area contributed by atoms with Crippen molar-refractivity contribution in [2.75, 3.05) is 13.1 Å². The Morgan fingerprint density at radius 2 is 2.20 bits per heavy atom. The number of hydrogen-bond donors (Lipinski definition) is 2. The molecule has 2 aliphatic rings. The van der Waals surface area contributed by atoms with Crippen LogP contribution in [0.1, 0.15) is 36.9 Å². The van der Waals surface area contributed by atoms with E-state index >= 15 is 0 Å². The van der Waals surface area contributed by atoms with E-state index in [4.69, 9.17) is 0 Å². The van der Waals surface area contributed by atoms with Gasteiger partial charge in [-0.2, -0.15) is 0 Å². The highest BCUT2D eigenvalue weighted by molar-refractivity contribution is 5.85. The number of imidazole rings is 1. The van der Waals surface area contributed by atoms with E-state index in [0.29, 0.717) is 12.5 Å². The Bertz CT molecular complexity index is 748. The van der Waals surface area contributed by atoms with Crippen molar-refractivity contribution < 1.29 is 4.79 Å². The minimum absolute atomic E-state index is 0. The van der Waals surface area contributed by atoms with E-state index in [1.807, 2.05) is 16.7 Å². The second kappa shape index (κ2) is 7.94. The molecule has 2 atom stereocenters. The lowest BCUT2D eigenvalue weighted by molar-refractivity contribution is -0.134. The molecule has 1 aliphatic carbocycles. The van der Waals surface area contributed by atoms with Crippen molar-refractivity contribution in [1.82, 2.24) is 20.0 Å². The lowest BCUT2D eigenvalue weighted by atomic mass is 9.67. The van der Waals surface area contributed by atoms with Gasteiger partial charge in [-0.3, -0.25) is 4.79 Å². The first-order chi connectivity index (χ1) is 11.2. The summed E-state index contributed by atoms with van der Waals surface area (Å²) in [4.78, 5) is 17.4. The molecule has 0 aromatic carbocycles. The quantitative estimate of drug-likeness (QED) is 0.854. The van der Waals surface area contributed by atoms with Crippen molar-refractivity contribution in [2.24, 2.45) is 11.3 Å². The van der Waals surface area contributed by atoms with Crippen molar-refractivity contribution in [3.05, 3.63) is 35.8 Å². The zero-order chi connectivity index (χ0) is 15.9. The number of nitrogens with one attached hydrogen (secondary N) is 2. The van der Waals surface area contributed by atoms with Gasteiger partial charge in [0.25, 0.3) is 0 Å². The molecule has 5 nitrogen and oxygen atoms in total. The minimum Gasteiger partial charge on any atom is -0.350 e. The monoisotopic (exact) mass is 384 g/mol. The Morgan fingerprint density at radius 1 is 1.36 bits per heavy atom. The zero-order valence-electron chi connectivity index (χ0n) is 14.5. The normalized spacial score (nSPS) is 24.9. The van der Waals surface area contributed by atoms with E-state index in [0.717, 1.165) is 30.9 Å². The topological polar surface area (TPSA) is 58.4 Å². The molecule has 0 spiro atoms. The minimum atomic E-state index is -0.187. The van der Waals surface area contributed by atoms with Crippen LogP contribution in [0.25, 0.3) is 5.65 Å². The molecule has 138 valence electrons. The van der Waals surface area contributed by atoms with Crippen LogP contribution >= 0.6 is 24.8 Å². The van der Waals surface area contributed by atoms with Crippen molar-refractivity contribution in [3.8, 4) is 0 Å². The van der Waals surface area contributed by atoms with Crippen LogP contribution in [0.15, 0.2) is 24.5 Å². The number of pyridine rings is 1. The standard InChI is InChI=1S/C18H24N4O.2ClH/c1-13-5-6-16-21-15(11-22(16)10-13)9-20-17(23)18-7-3-2-4-14(18)8-19-12-18;;/h5-6,10-11,14,19H,2-4,7-9,12H2,1H3,(H,20,23);2*1H/t14-,18+;;/m0../s1. The van der Waals surface area contributed by atoms with Crippen molar-refractivity contribution in [3.63, 3.8) is 0 Å². The molecule has 0 radical (unpaired) electrons. The molecular formula is C18H26Cl2N4O. The molecule has 4 rings (SSSR count). The van der Waals surface area contributed by atoms with Crippen LogP contribution in [0, 0.1) is 18.3 Å². The molecule has 2 aromatic rings. The highest BCUT2D eigenvalue weighted by Crippen LogP contribution is 2.43. The summed E-state index contributed by atoms with van der Waals surface area (Å²) in [6.45, 7) is 4.39. The van der Waals surface area contributed by atoms with Gasteiger partial charge in [-0.25, -0.2) is 4.98 Å². The fraction of sp³-hybridized carbons (Fsp3) is 0.556. The summed E-state index contributed by atoms with van der Waals surface area (Å²) in [5.74, 6) is 0.709. The predicted molar refractivity (Wildman–Crippen MR) is 104 cm³/mol. The lowest BCUT2D eigenvalue weighted by Crippen LogP contribution is -2.47. The smallest absolute Gasteiger partial charge is 0.228 e. The number of nitrogens with zero attached hydrogens (tertiary/aromatic N) is 2. The molecular weight excluding hydrogens is 359 g/mol. The van der Waals surface area contributed by atoms with E-state index in [-0.39, 0.29) is 36.1 Å². The molecule has 0 unspecified atom stereocenters. The van der Waals surface area contributed by atoms with Crippen LogP contribution in [-0.2, 0) is 11.3 Å². The number of carbonyl (C=O) groups is 1. The second-order valence-electron chi connectivity index (χ2n) is 7.12. The van der Waals surface area contributed by atoms with Gasteiger partial charge in [0.1, 0.15) is 5.65 Å². The van der Waals surface area contributed by atoms with Crippen LogP contribution < -0.4 is 10.6 Å². The maximum atomic E-state index is 12.9. The fourth-order valence-electron chi connectivity index (χ4n) is 4.28. The predicted octanol–water partition coefficient (Wildman–Crippen LogP) is 2.88. The summed E-state index contributed by atoms with van der Waals surface area (Å²) >= 11 is 0. The highest BCUT2D eigenvalue weighted by Gasteiger charge is 2.49. The molecule has 3 heterocycles. The number of amides is 1. The Balaban J connectivity index is 0.00000113. The third-order valence-corrected chi connectivity index (χ3v) is 5.57. The molecule has 1 amide bonds. The summed E-state index contributed by atoms with van der Waals surface area (Å²) in [6.07, 6.45) is 8.68. The molecule has 2 fully saturated rings. The first-order valence-electron chi connectivity index (χ1n) is 8.61. The van der Waals surface area contributed by atoms with E-state index in [1.165, 1.54) is 24.8 Å². The molecule has 2 aromatic heterocycles.